The van der Waals surface area contributed by atoms with Crippen LogP contribution in [0.2, 0.25) is 0 Å². The molecule has 1 N–H and O–H groups in total. The number of rotatable bonds is 0. The van der Waals surface area contributed by atoms with Gasteiger partial charge in [-0.15, -0.1) is 0 Å². The second kappa shape index (κ2) is 2.48. The van der Waals surface area contributed by atoms with Gasteiger partial charge in [0.2, 0.25) is 0 Å². The fraction of sp³-hybridized carbons (Fsp3) is 1.00. The third-order valence-corrected chi connectivity index (χ3v) is 4.03. The molecule has 0 amide bonds. The zero-order chi connectivity index (χ0) is 8.01. The Morgan fingerprint density at radius 2 is 1.82 bits per heavy atom. The van der Waals surface area contributed by atoms with Crippen LogP contribution in [-0.4, -0.2) is 11.2 Å². The van der Waals surface area contributed by atoms with Gasteiger partial charge in [-0.2, -0.15) is 0 Å². The minimum Gasteiger partial charge on any atom is -0.393 e. The summed E-state index contributed by atoms with van der Waals surface area (Å²) < 4.78 is 0. The summed E-state index contributed by atoms with van der Waals surface area (Å²) in [6.07, 6.45) is 3.84. The zero-order valence-corrected chi connectivity index (χ0v) is 7.46. The van der Waals surface area contributed by atoms with Crippen molar-refractivity contribution in [3.63, 3.8) is 0 Å². The number of fused-ring (bicyclic) bond motifs is 1. The molecule has 2 saturated carbocycles. The standard InChI is InChI=1S/C10H18O/c1-6-3-4-8-7(2)10(11)5-9(6)8/h6-11H,3-5H2,1-2H3/t6-,7-,8+,9+,10-/m0/s1. The molecule has 2 rings (SSSR count). The highest BCUT2D eigenvalue weighted by molar-refractivity contribution is 4.95. The molecule has 2 fully saturated rings. The van der Waals surface area contributed by atoms with Gasteiger partial charge >= 0.3 is 0 Å². The van der Waals surface area contributed by atoms with Crippen molar-refractivity contribution in [2.45, 2.75) is 39.2 Å². The van der Waals surface area contributed by atoms with Gasteiger partial charge in [-0.3, -0.25) is 0 Å². The van der Waals surface area contributed by atoms with Gasteiger partial charge in [0.15, 0.2) is 0 Å². The molecule has 0 bridgehead atoms. The Kier molecular flexibility index (Phi) is 1.71. The molecule has 1 nitrogen and oxygen atoms in total. The van der Waals surface area contributed by atoms with E-state index in [0.29, 0.717) is 5.92 Å². The molecule has 0 aliphatic heterocycles. The minimum absolute atomic E-state index is 0.00718. The molecular formula is C10H18O. The molecule has 0 aromatic rings. The summed E-state index contributed by atoms with van der Waals surface area (Å²) in [7, 11) is 0. The van der Waals surface area contributed by atoms with E-state index in [4.69, 9.17) is 0 Å². The second-order valence-electron chi connectivity index (χ2n) is 4.54. The van der Waals surface area contributed by atoms with Crippen molar-refractivity contribution in [1.29, 1.82) is 0 Å². The van der Waals surface area contributed by atoms with Gasteiger partial charge in [-0.25, -0.2) is 0 Å². The largest absolute Gasteiger partial charge is 0.393 e. The lowest BCUT2D eigenvalue weighted by molar-refractivity contribution is 0.124. The first-order valence-electron chi connectivity index (χ1n) is 4.88. The highest BCUT2D eigenvalue weighted by atomic mass is 16.3. The maximum atomic E-state index is 9.62. The predicted molar refractivity (Wildman–Crippen MR) is 45.2 cm³/mol. The molecule has 0 aromatic heterocycles. The van der Waals surface area contributed by atoms with Gasteiger partial charge in [0.25, 0.3) is 0 Å². The number of hydrogen-bond donors (Lipinski definition) is 1. The van der Waals surface area contributed by atoms with Crippen molar-refractivity contribution in [2.75, 3.05) is 0 Å². The first kappa shape index (κ1) is 7.60. The lowest BCUT2D eigenvalue weighted by Crippen LogP contribution is -2.14. The smallest absolute Gasteiger partial charge is 0.0571 e. The van der Waals surface area contributed by atoms with Crippen molar-refractivity contribution in [3.05, 3.63) is 0 Å². The molecule has 0 radical (unpaired) electrons. The predicted octanol–water partition coefficient (Wildman–Crippen LogP) is 2.05. The van der Waals surface area contributed by atoms with Crippen LogP contribution in [0.25, 0.3) is 0 Å². The number of hydrogen-bond acceptors (Lipinski definition) is 1. The fourth-order valence-corrected chi connectivity index (χ4v) is 3.14. The molecule has 0 aromatic carbocycles. The van der Waals surface area contributed by atoms with Crippen LogP contribution in [-0.2, 0) is 0 Å². The Morgan fingerprint density at radius 3 is 2.45 bits per heavy atom. The van der Waals surface area contributed by atoms with Crippen LogP contribution in [0, 0.1) is 23.7 Å². The van der Waals surface area contributed by atoms with Gasteiger partial charge in [-0.1, -0.05) is 20.3 Å². The summed E-state index contributed by atoms with van der Waals surface area (Å²) in [5.74, 6) is 3.14. The summed E-state index contributed by atoms with van der Waals surface area (Å²) in [5, 5.41) is 9.62. The van der Waals surface area contributed by atoms with Gasteiger partial charge in [0.05, 0.1) is 6.10 Å². The molecule has 0 heterocycles. The summed E-state index contributed by atoms with van der Waals surface area (Å²) in [6.45, 7) is 4.56. The van der Waals surface area contributed by atoms with Gasteiger partial charge in [0.1, 0.15) is 0 Å². The van der Waals surface area contributed by atoms with E-state index in [2.05, 4.69) is 13.8 Å². The monoisotopic (exact) mass is 154 g/mol. The minimum atomic E-state index is 0.00718. The molecule has 11 heavy (non-hydrogen) atoms. The molecule has 64 valence electrons. The van der Waals surface area contributed by atoms with E-state index in [-0.39, 0.29) is 6.10 Å². The number of aliphatic hydroxyl groups is 1. The van der Waals surface area contributed by atoms with E-state index >= 15 is 0 Å². The topological polar surface area (TPSA) is 20.2 Å². The summed E-state index contributed by atoms with van der Waals surface area (Å²) in [5.41, 5.74) is 0. The van der Waals surface area contributed by atoms with Gasteiger partial charge in [-0.05, 0) is 36.5 Å². The Hall–Kier alpha value is -0.0400. The quantitative estimate of drug-likeness (QED) is 0.566. The Labute approximate surface area is 68.8 Å². The van der Waals surface area contributed by atoms with Crippen LogP contribution in [0.3, 0.4) is 0 Å². The van der Waals surface area contributed by atoms with Crippen LogP contribution >= 0.6 is 0 Å². The maximum absolute atomic E-state index is 9.62. The van der Waals surface area contributed by atoms with E-state index < -0.39 is 0 Å². The van der Waals surface area contributed by atoms with E-state index in [1.165, 1.54) is 12.8 Å². The molecule has 2 aliphatic rings. The average Bonchev–Trinajstić information content (AvgIpc) is 2.43. The number of aliphatic hydroxyl groups excluding tert-OH is 1. The van der Waals surface area contributed by atoms with Crippen molar-refractivity contribution in [1.82, 2.24) is 0 Å². The fourth-order valence-electron chi connectivity index (χ4n) is 3.14. The van der Waals surface area contributed by atoms with Crippen LogP contribution in [0.4, 0.5) is 0 Å². The van der Waals surface area contributed by atoms with Crippen LogP contribution in [0.5, 0.6) is 0 Å². The highest BCUT2D eigenvalue weighted by Gasteiger charge is 2.45. The van der Waals surface area contributed by atoms with Crippen molar-refractivity contribution in [3.8, 4) is 0 Å². The first-order valence-corrected chi connectivity index (χ1v) is 4.88. The molecule has 5 atom stereocenters. The van der Waals surface area contributed by atoms with Crippen molar-refractivity contribution in [2.24, 2.45) is 23.7 Å². The van der Waals surface area contributed by atoms with E-state index in [1.54, 1.807) is 0 Å². The van der Waals surface area contributed by atoms with Crippen LogP contribution in [0.1, 0.15) is 33.1 Å². The second-order valence-corrected chi connectivity index (χ2v) is 4.54. The third-order valence-electron chi connectivity index (χ3n) is 4.03. The molecule has 2 aliphatic carbocycles. The molecular weight excluding hydrogens is 136 g/mol. The maximum Gasteiger partial charge on any atom is 0.0571 e. The van der Waals surface area contributed by atoms with Crippen LogP contribution < -0.4 is 0 Å². The third kappa shape index (κ3) is 1.01. The first-order chi connectivity index (χ1) is 5.20. The average molecular weight is 154 g/mol. The summed E-state index contributed by atoms with van der Waals surface area (Å²) in [4.78, 5) is 0. The molecule has 0 unspecified atom stereocenters. The lowest BCUT2D eigenvalue weighted by Gasteiger charge is -2.15. The van der Waals surface area contributed by atoms with Gasteiger partial charge < -0.3 is 5.11 Å². The normalized spacial score (nSPS) is 56.5. The summed E-state index contributed by atoms with van der Waals surface area (Å²) in [6, 6.07) is 0. The Balaban J connectivity index is 2.12. The SMILES string of the molecule is C[C@H]1[C@H]2CC[C@H](C)[C@H]2C[C@@H]1O. The van der Waals surface area contributed by atoms with Gasteiger partial charge in [0, 0.05) is 0 Å². The summed E-state index contributed by atoms with van der Waals surface area (Å²) >= 11 is 0. The molecule has 1 heteroatoms. The Bertz CT molecular complexity index is 155. The van der Waals surface area contributed by atoms with E-state index in [1.807, 2.05) is 0 Å². The molecule has 0 spiro atoms. The van der Waals surface area contributed by atoms with E-state index in [0.717, 1.165) is 24.2 Å². The highest BCUT2D eigenvalue weighted by Crippen LogP contribution is 2.50. The van der Waals surface area contributed by atoms with E-state index in [9.17, 15) is 5.11 Å². The molecule has 0 saturated heterocycles. The van der Waals surface area contributed by atoms with Crippen LogP contribution in [0.15, 0.2) is 0 Å². The van der Waals surface area contributed by atoms with Crippen molar-refractivity contribution < 1.29 is 5.11 Å². The lowest BCUT2D eigenvalue weighted by atomic mass is 9.90. The Morgan fingerprint density at radius 1 is 1.09 bits per heavy atom. The zero-order valence-electron chi connectivity index (χ0n) is 7.46. The van der Waals surface area contributed by atoms with Crippen molar-refractivity contribution >= 4 is 0 Å².